The molecule has 0 aliphatic rings. The number of benzene rings is 1. The minimum Gasteiger partial charge on any atom is -0.495 e. The number of nitrogens with one attached hydrogen (secondary N) is 1. The molecule has 0 radical (unpaired) electrons. The molecule has 1 atom stereocenters. The van der Waals surface area contributed by atoms with E-state index >= 15 is 0 Å². The molecule has 1 aromatic carbocycles. The van der Waals surface area contributed by atoms with E-state index in [-0.39, 0.29) is 5.91 Å². The predicted octanol–water partition coefficient (Wildman–Crippen LogP) is 2.25. The van der Waals surface area contributed by atoms with Crippen LogP contribution in [0.1, 0.15) is 18.1 Å². The van der Waals surface area contributed by atoms with Crippen LogP contribution in [0.5, 0.6) is 5.75 Å². The van der Waals surface area contributed by atoms with Gasteiger partial charge in [-0.15, -0.1) is 0 Å². The molecule has 0 aliphatic heterocycles. The molecular formula is C12H17ClN2O2. The van der Waals surface area contributed by atoms with E-state index in [1.54, 1.807) is 20.1 Å². The van der Waals surface area contributed by atoms with Gasteiger partial charge in [-0.25, -0.2) is 0 Å². The standard InChI is InChI=1S/C12H17ClN2O2/c1-6-5-9(17-4)11(7(2)10(6)13)15-12(16)8(3)14/h5,8H,14H2,1-4H3,(H,15,16). The van der Waals surface area contributed by atoms with Gasteiger partial charge in [0.05, 0.1) is 18.8 Å². The molecule has 3 N–H and O–H groups in total. The molecule has 5 heteroatoms. The van der Waals surface area contributed by atoms with Gasteiger partial charge in [-0.1, -0.05) is 11.6 Å². The van der Waals surface area contributed by atoms with Gasteiger partial charge in [-0.3, -0.25) is 4.79 Å². The third-order valence-electron chi connectivity index (χ3n) is 2.53. The van der Waals surface area contributed by atoms with Crippen LogP contribution >= 0.6 is 11.6 Å². The maximum absolute atomic E-state index is 11.6. The van der Waals surface area contributed by atoms with Crippen LogP contribution in [0.4, 0.5) is 5.69 Å². The number of ether oxygens (including phenoxy) is 1. The Morgan fingerprint density at radius 2 is 2.12 bits per heavy atom. The molecule has 0 saturated heterocycles. The Balaban J connectivity index is 3.22. The topological polar surface area (TPSA) is 64.3 Å². The fraction of sp³-hybridized carbons (Fsp3) is 0.417. The lowest BCUT2D eigenvalue weighted by atomic mass is 10.1. The van der Waals surface area contributed by atoms with Crippen molar-refractivity contribution in [1.29, 1.82) is 0 Å². The molecule has 1 amide bonds. The van der Waals surface area contributed by atoms with E-state index in [1.807, 2.05) is 13.8 Å². The van der Waals surface area contributed by atoms with Crippen LogP contribution in [-0.4, -0.2) is 19.1 Å². The molecule has 0 aliphatic carbocycles. The largest absolute Gasteiger partial charge is 0.495 e. The molecule has 0 spiro atoms. The van der Waals surface area contributed by atoms with Crippen LogP contribution in [0.3, 0.4) is 0 Å². The van der Waals surface area contributed by atoms with Crippen molar-refractivity contribution in [2.75, 3.05) is 12.4 Å². The average Bonchev–Trinajstić information content (AvgIpc) is 2.29. The lowest BCUT2D eigenvalue weighted by Gasteiger charge is -2.16. The van der Waals surface area contributed by atoms with Crippen molar-refractivity contribution in [1.82, 2.24) is 0 Å². The van der Waals surface area contributed by atoms with E-state index < -0.39 is 6.04 Å². The van der Waals surface area contributed by atoms with Crippen molar-refractivity contribution >= 4 is 23.2 Å². The third kappa shape index (κ3) is 2.90. The van der Waals surface area contributed by atoms with E-state index in [9.17, 15) is 4.79 Å². The van der Waals surface area contributed by atoms with Crippen LogP contribution in [0.25, 0.3) is 0 Å². The summed E-state index contributed by atoms with van der Waals surface area (Å²) in [6.45, 7) is 5.33. The number of amides is 1. The van der Waals surface area contributed by atoms with Crippen LogP contribution in [-0.2, 0) is 4.79 Å². The highest BCUT2D eigenvalue weighted by molar-refractivity contribution is 6.32. The number of nitrogens with two attached hydrogens (primary N) is 1. The van der Waals surface area contributed by atoms with Crippen molar-refractivity contribution in [3.05, 3.63) is 22.2 Å². The van der Waals surface area contributed by atoms with Crippen molar-refractivity contribution in [3.63, 3.8) is 0 Å². The molecule has 0 heterocycles. The number of hydrogen-bond acceptors (Lipinski definition) is 3. The molecule has 1 aromatic rings. The summed E-state index contributed by atoms with van der Waals surface area (Å²) in [5.41, 5.74) is 7.76. The van der Waals surface area contributed by atoms with Gasteiger partial charge in [0.2, 0.25) is 5.91 Å². The molecule has 1 unspecified atom stereocenters. The molecular weight excluding hydrogens is 240 g/mol. The Labute approximate surface area is 106 Å². The highest BCUT2D eigenvalue weighted by Crippen LogP contribution is 2.35. The number of halogens is 1. The monoisotopic (exact) mass is 256 g/mol. The van der Waals surface area contributed by atoms with Crippen molar-refractivity contribution in [2.45, 2.75) is 26.8 Å². The van der Waals surface area contributed by atoms with Gasteiger partial charge < -0.3 is 15.8 Å². The highest BCUT2D eigenvalue weighted by atomic mass is 35.5. The average molecular weight is 257 g/mol. The minimum absolute atomic E-state index is 0.272. The molecule has 17 heavy (non-hydrogen) atoms. The third-order valence-corrected chi connectivity index (χ3v) is 3.11. The second-order valence-corrected chi connectivity index (χ2v) is 4.37. The Morgan fingerprint density at radius 1 is 1.53 bits per heavy atom. The number of aryl methyl sites for hydroxylation is 1. The zero-order chi connectivity index (χ0) is 13.2. The molecule has 0 bridgehead atoms. The summed E-state index contributed by atoms with van der Waals surface area (Å²) < 4.78 is 5.23. The van der Waals surface area contributed by atoms with Crippen LogP contribution in [0.15, 0.2) is 6.07 Å². The van der Waals surface area contributed by atoms with E-state index in [2.05, 4.69) is 5.32 Å². The summed E-state index contributed by atoms with van der Waals surface area (Å²) in [5, 5.41) is 3.34. The first-order chi connectivity index (χ1) is 7.88. The molecule has 0 saturated carbocycles. The first kappa shape index (κ1) is 13.8. The Morgan fingerprint density at radius 3 is 2.59 bits per heavy atom. The normalized spacial score (nSPS) is 12.1. The fourth-order valence-corrected chi connectivity index (χ4v) is 1.62. The Kier molecular flexibility index (Phi) is 4.37. The minimum atomic E-state index is -0.584. The first-order valence-electron chi connectivity index (χ1n) is 5.28. The second kappa shape index (κ2) is 5.38. The fourth-order valence-electron chi connectivity index (χ4n) is 1.48. The zero-order valence-electron chi connectivity index (χ0n) is 10.4. The number of anilines is 1. The van der Waals surface area contributed by atoms with E-state index in [1.165, 1.54) is 0 Å². The maximum atomic E-state index is 11.6. The summed E-state index contributed by atoms with van der Waals surface area (Å²) in [6, 6.07) is 1.20. The smallest absolute Gasteiger partial charge is 0.241 e. The highest BCUT2D eigenvalue weighted by Gasteiger charge is 2.16. The number of carbonyl (C=O) groups excluding carboxylic acids is 1. The van der Waals surface area contributed by atoms with Crippen LogP contribution < -0.4 is 15.8 Å². The molecule has 4 nitrogen and oxygen atoms in total. The zero-order valence-corrected chi connectivity index (χ0v) is 11.2. The molecule has 94 valence electrons. The summed E-state index contributed by atoms with van der Waals surface area (Å²) in [5.74, 6) is 0.310. The van der Waals surface area contributed by atoms with Crippen molar-refractivity contribution in [3.8, 4) is 5.75 Å². The summed E-state index contributed by atoms with van der Waals surface area (Å²) >= 11 is 6.14. The van der Waals surface area contributed by atoms with Crippen molar-refractivity contribution < 1.29 is 9.53 Å². The molecule has 1 rings (SSSR count). The van der Waals surface area contributed by atoms with Crippen molar-refractivity contribution in [2.24, 2.45) is 5.73 Å². The number of hydrogen-bond donors (Lipinski definition) is 2. The van der Waals surface area contributed by atoms with Gasteiger partial charge in [0.25, 0.3) is 0 Å². The number of methoxy groups -OCH3 is 1. The van der Waals surface area contributed by atoms with Crippen LogP contribution in [0.2, 0.25) is 5.02 Å². The van der Waals surface area contributed by atoms with Gasteiger partial charge >= 0.3 is 0 Å². The van der Waals surface area contributed by atoms with Gasteiger partial charge in [0.15, 0.2) is 0 Å². The maximum Gasteiger partial charge on any atom is 0.241 e. The van der Waals surface area contributed by atoms with Gasteiger partial charge in [-0.05, 0) is 38.0 Å². The Hall–Kier alpha value is -1.26. The second-order valence-electron chi connectivity index (χ2n) is 3.99. The van der Waals surface area contributed by atoms with Crippen LogP contribution in [0, 0.1) is 13.8 Å². The lowest BCUT2D eigenvalue weighted by Crippen LogP contribution is -2.32. The summed E-state index contributed by atoms with van der Waals surface area (Å²) in [4.78, 5) is 11.6. The quantitative estimate of drug-likeness (QED) is 0.872. The van der Waals surface area contributed by atoms with Gasteiger partial charge in [0, 0.05) is 5.02 Å². The lowest BCUT2D eigenvalue weighted by molar-refractivity contribution is -0.117. The summed E-state index contributed by atoms with van der Waals surface area (Å²) in [7, 11) is 1.55. The SMILES string of the molecule is COc1cc(C)c(Cl)c(C)c1NC(=O)C(C)N. The predicted molar refractivity (Wildman–Crippen MR) is 69.8 cm³/mol. The Bertz CT molecular complexity index is 445. The van der Waals surface area contributed by atoms with E-state index in [0.29, 0.717) is 16.5 Å². The first-order valence-corrected chi connectivity index (χ1v) is 5.66. The summed E-state index contributed by atoms with van der Waals surface area (Å²) in [6.07, 6.45) is 0. The van der Waals surface area contributed by atoms with Gasteiger partial charge in [-0.2, -0.15) is 0 Å². The van der Waals surface area contributed by atoms with E-state index in [4.69, 9.17) is 22.1 Å². The number of carbonyl (C=O) groups is 1. The van der Waals surface area contributed by atoms with Gasteiger partial charge in [0.1, 0.15) is 5.75 Å². The number of rotatable bonds is 3. The molecule has 0 fully saturated rings. The molecule has 0 aromatic heterocycles. The van der Waals surface area contributed by atoms with E-state index in [0.717, 1.165) is 11.1 Å².